The van der Waals surface area contributed by atoms with E-state index in [1.54, 1.807) is 11.8 Å². The topological polar surface area (TPSA) is 50.8 Å². The molecule has 1 saturated carbocycles. The van der Waals surface area contributed by atoms with Crippen LogP contribution in [-0.2, 0) is 6.42 Å². The van der Waals surface area contributed by atoms with Crippen LogP contribution in [0.1, 0.15) is 43.5 Å². The number of ether oxygens (including phenoxy) is 1. The average Bonchev–Trinajstić information content (AvgIpc) is 3.23. The number of thioether (sulfide) groups is 1. The molecule has 2 aromatic rings. The number of para-hydroxylation sites is 1. The second-order valence-corrected chi connectivity index (χ2v) is 7.28. The highest BCUT2D eigenvalue weighted by atomic mass is 32.2. The van der Waals surface area contributed by atoms with Gasteiger partial charge in [0, 0.05) is 12.2 Å². The van der Waals surface area contributed by atoms with E-state index in [2.05, 4.69) is 28.2 Å². The van der Waals surface area contributed by atoms with E-state index in [0.29, 0.717) is 6.61 Å². The maximum atomic E-state index is 5.79. The normalized spacial score (nSPS) is 15.2. The Hall–Kier alpha value is -1.49. The van der Waals surface area contributed by atoms with Crippen molar-refractivity contribution in [3.63, 3.8) is 0 Å². The third-order valence-electron chi connectivity index (χ3n) is 4.44. The van der Waals surface area contributed by atoms with E-state index in [0.717, 1.165) is 34.8 Å². The van der Waals surface area contributed by atoms with Crippen LogP contribution in [0, 0.1) is 12.8 Å². The summed E-state index contributed by atoms with van der Waals surface area (Å²) < 4.78 is 5.79. The van der Waals surface area contributed by atoms with Crippen LogP contribution in [0.5, 0.6) is 5.75 Å². The highest BCUT2D eigenvalue weighted by Crippen LogP contribution is 2.28. The second kappa shape index (κ2) is 8.39. The smallest absolute Gasteiger partial charge is 0.208 e. The number of nitrogens with one attached hydrogen (secondary N) is 1. The fourth-order valence-corrected chi connectivity index (χ4v) is 3.73. The molecule has 1 aromatic heterocycles. The number of aromatic amines is 1. The first-order valence-corrected chi connectivity index (χ1v) is 9.52. The molecule has 1 aromatic carbocycles. The summed E-state index contributed by atoms with van der Waals surface area (Å²) >= 11 is 1.65. The van der Waals surface area contributed by atoms with Crippen LogP contribution in [0.2, 0.25) is 0 Å². The summed E-state index contributed by atoms with van der Waals surface area (Å²) in [6, 6.07) is 8.10. The van der Waals surface area contributed by atoms with Crippen molar-refractivity contribution < 1.29 is 4.74 Å². The molecule has 1 aliphatic rings. The van der Waals surface area contributed by atoms with Gasteiger partial charge in [0.25, 0.3) is 0 Å². The van der Waals surface area contributed by atoms with Crippen LogP contribution in [0.3, 0.4) is 0 Å². The standard InChI is InChI=1S/C18H25N3OS/c1-14-6-2-5-9-16(14)22-12-13-23-18-19-17(20-21-18)11-10-15-7-3-4-8-15/h2,5-6,9,15H,3-4,7-8,10-13H2,1H3,(H,19,20,21). The molecule has 1 N–H and O–H groups in total. The molecule has 3 rings (SSSR count). The molecule has 0 amide bonds. The Morgan fingerprint density at radius 3 is 2.91 bits per heavy atom. The van der Waals surface area contributed by atoms with E-state index >= 15 is 0 Å². The summed E-state index contributed by atoms with van der Waals surface area (Å²) in [5.41, 5.74) is 1.17. The van der Waals surface area contributed by atoms with Crippen molar-refractivity contribution in [3.05, 3.63) is 35.7 Å². The van der Waals surface area contributed by atoms with E-state index in [1.165, 1.54) is 37.7 Å². The van der Waals surface area contributed by atoms with Crippen LogP contribution in [0.15, 0.2) is 29.4 Å². The van der Waals surface area contributed by atoms with Crippen molar-refractivity contribution in [1.29, 1.82) is 0 Å². The van der Waals surface area contributed by atoms with E-state index in [9.17, 15) is 0 Å². The molecule has 0 bridgehead atoms. The minimum absolute atomic E-state index is 0.668. The van der Waals surface area contributed by atoms with Crippen molar-refractivity contribution >= 4 is 11.8 Å². The zero-order valence-corrected chi connectivity index (χ0v) is 14.6. The number of rotatable bonds is 8. The molecule has 0 saturated heterocycles. The maximum Gasteiger partial charge on any atom is 0.208 e. The SMILES string of the molecule is Cc1ccccc1OCCSc1n[nH]c(CCC2CCCC2)n1. The quantitative estimate of drug-likeness (QED) is 0.575. The lowest BCUT2D eigenvalue weighted by Gasteiger charge is -2.07. The minimum Gasteiger partial charge on any atom is -0.492 e. The Bertz CT molecular complexity index is 608. The van der Waals surface area contributed by atoms with Crippen molar-refractivity contribution in [1.82, 2.24) is 15.2 Å². The zero-order valence-electron chi connectivity index (χ0n) is 13.8. The van der Waals surface area contributed by atoms with Crippen LogP contribution < -0.4 is 4.74 Å². The predicted octanol–water partition coefficient (Wildman–Crippen LogP) is 4.41. The third kappa shape index (κ3) is 4.99. The first-order chi connectivity index (χ1) is 11.3. The number of nitrogens with zero attached hydrogens (tertiary/aromatic N) is 2. The van der Waals surface area contributed by atoms with Crippen molar-refractivity contribution in [2.24, 2.45) is 5.92 Å². The molecule has 0 radical (unpaired) electrons. The molecular formula is C18H25N3OS. The van der Waals surface area contributed by atoms with Gasteiger partial charge in [-0.15, -0.1) is 5.10 Å². The Kier molecular flexibility index (Phi) is 5.97. The molecule has 0 atom stereocenters. The summed E-state index contributed by atoms with van der Waals surface area (Å²) in [5.74, 6) is 3.74. The van der Waals surface area contributed by atoms with Crippen LogP contribution in [0.4, 0.5) is 0 Å². The fourth-order valence-electron chi connectivity index (χ4n) is 3.10. The minimum atomic E-state index is 0.668. The number of benzene rings is 1. The van der Waals surface area contributed by atoms with Gasteiger partial charge >= 0.3 is 0 Å². The summed E-state index contributed by atoms with van der Waals surface area (Å²) in [7, 11) is 0. The number of hydrogen-bond acceptors (Lipinski definition) is 4. The number of hydrogen-bond donors (Lipinski definition) is 1. The Morgan fingerprint density at radius 1 is 1.26 bits per heavy atom. The lowest BCUT2D eigenvalue weighted by Crippen LogP contribution is -2.01. The molecule has 0 aliphatic heterocycles. The summed E-state index contributed by atoms with van der Waals surface area (Å²) in [6.07, 6.45) is 7.87. The van der Waals surface area contributed by atoms with Gasteiger partial charge in [-0.05, 0) is 30.9 Å². The molecule has 0 unspecified atom stereocenters. The highest BCUT2D eigenvalue weighted by molar-refractivity contribution is 7.99. The molecule has 124 valence electrons. The van der Waals surface area contributed by atoms with Crippen molar-refractivity contribution in [2.75, 3.05) is 12.4 Å². The average molecular weight is 331 g/mol. The molecule has 0 spiro atoms. The van der Waals surface area contributed by atoms with E-state index in [-0.39, 0.29) is 0 Å². The fraction of sp³-hybridized carbons (Fsp3) is 0.556. The summed E-state index contributed by atoms with van der Waals surface area (Å²) in [6.45, 7) is 2.73. The number of aryl methyl sites for hydroxylation is 2. The predicted molar refractivity (Wildman–Crippen MR) is 94.1 cm³/mol. The summed E-state index contributed by atoms with van der Waals surface area (Å²) in [4.78, 5) is 4.57. The van der Waals surface area contributed by atoms with Gasteiger partial charge in [0.1, 0.15) is 11.6 Å². The Labute approximate surface area is 142 Å². The van der Waals surface area contributed by atoms with Gasteiger partial charge in [0.05, 0.1) is 6.61 Å². The van der Waals surface area contributed by atoms with Gasteiger partial charge in [-0.25, -0.2) is 4.98 Å². The van der Waals surface area contributed by atoms with Gasteiger partial charge in [0.15, 0.2) is 0 Å². The Morgan fingerprint density at radius 2 is 2.09 bits per heavy atom. The molecule has 5 heteroatoms. The molecule has 1 fully saturated rings. The maximum absolute atomic E-state index is 5.79. The number of H-pyrrole nitrogens is 1. The molecule has 23 heavy (non-hydrogen) atoms. The number of aromatic nitrogens is 3. The first-order valence-electron chi connectivity index (χ1n) is 8.54. The van der Waals surface area contributed by atoms with Crippen LogP contribution in [-0.4, -0.2) is 27.5 Å². The molecular weight excluding hydrogens is 306 g/mol. The zero-order chi connectivity index (χ0) is 15.9. The van der Waals surface area contributed by atoms with Gasteiger partial charge in [0.2, 0.25) is 5.16 Å². The molecule has 4 nitrogen and oxygen atoms in total. The Balaban J connectivity index is 1.36. The van der Waals surface area contributed by atoms with E-state index in [4.69, 9.17) is 4.74 Å². The monoisotopic (exact) mass is 331 g/mol. The molecule has 1 heterocycles. The van der Waals surface area contributed by atoms with Gasteiger partial charge < -0.3 is 4.74 Å². The van der Waals surface area contributed by atoms with E-state index in [1.807, 2.05) is 18.2 Å². The largest absolute Gasteiger partial charge is 0.492 e. The van der Waals surface area contributed by atoms with Crippen molar-refractivity contribution in [2.45, 2.75) is 50.6 Å². The summed E-state index contributed by atoms with van der Waals surface area (Å²) in [5, 5.41) is 8.20. The lowest BCUT2D eigenvalue weighted by atomic mass is 10.0. The van der Waals surface area contributed by atoms with E-state index < -0.39 is 0 Å². The molecule has 1 aliphatic carbocycles. The first kappa shape index (κ1) is 16.4. The van der Waals surface area contributed by atoms with Gasteiger partial charge in [-0.3, -0.25) is 5.10 Å². The lowest BCUT2D eigenvalue weighted by molar-refractivity contribution is 0.341. The van der Waals surface area contributed by atoms with Crippen LogP contribution >= 0.6 is 11.8 Å². The van der Waals surface area contributed by atoms with Crippen molar-refractivity contribution in [3.8, 4) is 5.75 Å². The third-order valence-corrected chi connectivity index (χ3v) is 5.25. The highest BCUT2D eigenvalue weighted by Gasteiger charge is 2.15. The van der Waals surface area contributed by atoms with Gasteiger partial charge in [-0.2, -0.15) is 0 Å². The van der Waals surface area contributed by atoms with Crippen LogP contribution in [0.25, 0.3) is 0 Å². The van der Waals surface area contributed by atoms with Gasteiger partial charge in [-0.1, -0.05) is 55.6 Å². The second-order valence-electron chi connectivity index (χ2n) is 6.22.